The van der Waals surface area contributed by atoms with Gasteiger partial charge in [0.2, 0.25) is 11.7 Å². The van der Waals surface area contributed by atoms with Gasteiger partial charge in [0.05, 0.1) is 27.8 Å². The lowest BCUT2D eigenvalue weighted by Crippen LogP contribution is -2.48. The third kappa shape index (κ3) is 7.38. The first-order chi connectivity index (χ1) is 21.5. The van der Waals surface area contributed by atoms with E-state index in [1.54, 1.807) is 33.5 Å². The van der Waals surface area contributed by atoms with E-state index in [0.29, 0.717) is 42.4 Å². The first-order valence-electron chi connectivity index (χ1n) is 14.8. The van der Waals surface area contributed by atoms with Gasteiger partial charge in [-0.05, 0) is 52.1 Å². The number of piperazine rings is 1. The van der Waals surface area contributed by atoms with Crippen LogP contribution in [0.15, 0.2) is 91.0 Å². The van der Waals surface area contributed by atoms with Gasteiger partial charge in [-0.25, -0.2) is 0 Å². The van der Waals surface area contributed by atoms with E-state index in [0.717, 1.165) is 30.8 Å². The number of nitrogens with zero attached hydrogens (tertiary/aromatic N) is 2. The maximum atomic E-state index is 13.2. The molecule has 0 aromatic heterocycles. The van der Waals surface area contributed by atoms with E-state index in [2.05, 4.69) is 58.7 Å². The number of benzene rings is 4. The Hall–Kier alpha value is -4.82. The summed E-state index contributed by atoms with van der Waals surface area (Å²) in [5.74, 6) is 1.39. The summed E-state index contributed by atoms with van der Waals surface area (Å²) in [5.41, 5.74) is 6.09. The highest BCUT2D eigenvalue weighted by atomic mass is 16.5. The minimum absolute atomic E-state index is 0.0346. The quantitative estimate of drug-likeness (QED) is 0.258. The van der Waals surface area contributed by atoms with Crippen LogP contribution in [0.3, 0.4) is 0 Å². The van der Waals surface area contributed by atoms with Crippen molar-refractivity contribution >= 4 is 11.8 Å². The fourth-order valence-electron chi connectivity index (χ4n) is 5.54. The normalized spacial score (nSPS) is 13.3. The number of carbonyl (C=O) groups excluding carboxylic acids is 2. The Labute approximate surface area is 259 Å². The molecule has 1 heterocycles. The molecule has 5 rings (SSSR count). The minimum Gasteiger partial charge on any atom is -0.493 e. The summed E-state index contributed by atoms with van der Waals surface area (Å²) in [4.78, 5) is 30.2. The highest BCUT2D eigenvalue weighted by Crippen LogP contribution is 2.38. The molecule has 1 fully saturated rings. The maximum Gasteiger partial charge on any atom is 0.253 e. The largest absolute Gasteiger partial charge is 0.493 e. The molecule has 0 bridgehead atoms. The summed E-state index contributed by atoms with van der Waals surface area (Å²) in [7, 11) is 4.63. The predicted octanol–water partition coefficient (Wildman–Crippen LogP) is 5.20. The second kappa shape index (κ2) is 14.6. The molecular weight excluding hydrogens is 554 g/mol. The van der Waals surface area contributed by atoms with Crippen molar-refractivity contribution in [2.45, 2.75) is 19.5 Å². The van der Waals surface area contributed by atoms with E-state index in [4.69, 9.17) is 14.2 Å². The number of nitrogens with one attached hydrogen (secondary N) is 1. The van der Waals surface area contributed by atoms with Crippen LogP contribution >= 0.6 is 0 Å². The minimum atomic E-state index is -0.135. The summed E-state index contributed by atoms with van der Waals surface area (Å²) >= 11 is 0. The van der Waals surface area contributed by atoms with E-state index in [1.807, 2.05) is 35.2 Å². The number of hydrogen-bond acceptors (Lipinski definition) is 6. The number of rotatable bonds is 11. The smallest absolute Gasteiger partial charge is 0.253 e. The van der Waals surface area contributed by atoms with Crippen molar-refractivity contribution in [2.24, 2.45) is 0 Å². The van der Waals surface area contributed by atoms with Gasteiger partial charge in [-0.3, -0.25) is 14.5 Å². The summed E-state index contributed by atoms with van der Waals surface area (Å²) < 4.78 is 16.1. The molecule has 0 saturated carbocycles. The first-order valence-corrected chi connectivity index (χ1v) is 14.8. The van der Waals surface area contributed by atoms with Crippen LogP contribution < -0.4 is 19.5 Å². The molecule has 0 radical (unpaired) electrons. The molecular formula is C36H39N3O5. The molecule has 1 N–H and O–H groups in total. The average Bonchev–Trinajstić information content (AvgIpc) is 3.07. The second-order valence-electron chi connectivity index (χ2n) is 10.8. The molecule has 2 amide bonds. The maximum absolute atomic E-state index is 13.2. The molecule has 1 aliphatic heterocycles. The fourth-order valence-corrected chi connectivity index (χ4v) is 5.54. The Balaban J connectivity index is 1.11. The van der Waals surface area contributed by atoms with Gasteiger partial charge in [-0.15, -0.1) is 0 Å². The van der Waals surface area contributed by atoms with Crippen LogP contribution in [-0.4, -0.2) is 69.1 Å². The lowest BCUT2D eigenvalue weighted by molar-refractivity contribution is -0.120. The monoisotopic (exact) mass is 593 g/mol. The van der Waals surface area contributed by atoms with Crippen molar-refractivity contribution < 1.29 is 23.8 Å². The Bertz CT molecular complexity index is 1540. The molecule has 1 aliphatic rings. The topological polar surface area (TPSA) is 80.3 Å². The van der Waals surface area contributed by atoms with Gasteiger partial charge in [0.1, 0.15) is 0 Å². The van der Waals surface area contributed by atoms with Crippen LogP contribution in [-0.2, 0) is 24.3 Å². The van der Waals surface area contributed by atoms with Gasteiger partial charge >= 0.3 is 0 Å². The molecule has 8 nitrogen and oxygen atoms in total. The van der Waals surface area contributed by atoms with Gasteiger partial charge in [0.15, 0.2) is 11.5 Å². The number of hydrogen-bond donors (Lipinski definition) is 1. The molecule has 4 aromatic carbocycles. The summed E-state index contributed by atoms with van der Waals surface area (Å²) in [5, 5.41) is 2.95. The van der Waals surface area contributed by atoms with E-state index in [-0.39, 0.29) is 18.2 Å². The van der Waals surface area contributed by atoms with E-state index < -0.39 is 0 Å². The van der Waals surface area contributed by atoms with E-state index in [9.17, 15) is 9.59 Å². The van der Waals surface area contributed by atoms with Crippen LogP contribution in [0.25, 0.3) is 11.1 Å². The Morgan fingerprint density at radius 1 is 0.727 bits per heavy atom. The van der Waals surface area contributed by atoms with Crippen LogP contribution in [0, 0.1) is 0 Å². The zero-order valence-electron chi connectivity index (χ0n) is 25.5. The first kappa shape index (κ1) is 30.6. The SMILES string of the molecule is COc1cc(CC(=O)NCc2ccc(C(=O)N3CCN(Cc4ccccc4-c4ccccc4)CC3)cc2)cc(OC)c1OC. The van der Waals surface area contributed by atoms with Gasteiger partial charge in [0, 0.05) is 44.8 Å². The van der Waals surface area contributed by atoms with E-state index >= 15 is 0 Å². The molecule has 0 unspecified atom stereocenters. The third-order valence-electron chi connectivity index (χ3n) is 7.94. The van der Waals surface area contributed by atoms with Crippen molar-refractivity contribution in [3.63, 3.8) is 0 Å². The zero-order chi connectivity index (χ0) is 30.9. The molecule has 1 saturated heterocycles. The van der Waals surface area contributed by atoms with Gasteiger partial charge in [0.25, 0.3) is 5.91 Å². The summed E-state index contributed by atoms with van der Waals surface area (Å²) in [6, 6.07) is 30.0. The molecule has 0 atom stereocenters. The highest BCUT2D eigenvalue weighted by molar-refractivity contribution is 5.94. The number of amides is 2. The fraction of sp³-hybridized carbons (Fsp3) is 0.278. The number of methoxy groups -OCH3 is 3. The Morgan fingerprint density at radius 3 is 2.00 bits per heavy atom. The Kier molecular flexibility index (Phi) is 10.1. The zero-order valence-corrected chi connectivity index (χ0v) is 25.5. The highest BCUT2D eigenvalue weighted by Gasteiger charge is 2.23. The van der Waals surface area contributed by atoms with Crippen LogP contribution in [0.2, 0.25) is 0 Å². The van der Waals surface area contributed by atoms with Crippen LogP contribution in [0.1, 0.15) is 27.0 Å². The molecule has 0 aliphatic carbocycles. The molecule has 228 valence electrons. The van der Waals surface area contributed by atoms with Gasteiger partial charge in [-0.2, -0.15) is 0 Å². The lowest BCUT2D eigenvalue weighted by atomic mass is 9.99. The second-order valence-corrected chi connectivity index (χ2v) is 10.8. The van der Waals surface area contributed by atoms with Gasteiger partial charge in [-0.1, -0.05) is 66.7 Å². The molecule has 4 aromatic rings. The Morgan fingerprint density at radius 2 is 1.36 bits per heavy atom. The van der Waals surface area contributed by atoms with Crippen LogP contribution in [0.4, 0.5) is 0 Å². The standard InChI is InChI=1S/C36H39N3O5/c1-42-32-21-27(22-33(43-2)35(32)44-3)23-34(40)37-24-26-13-15-29(16-14-26)36(41)39-19-17-38(18-20-39)25-30-11-7-8-12-31(30)28-9-5-4-6-10-28/h4-16,21-22H,17-20,23-25H2,1-3H3,(H,37,40). The average molecular weight is 594 g/mol. The van der Waals surface area contributed by atoms with Crippen molar-refractivity contribution in [1.29, 1.82) is 0 Å². The van der Waals surface area contributed by atoms with Crippen molar-refractivity contribution in [1.82, 2.24) is 15.1 Å². The molecule has 44 heavy (non-hydrogen) atoms. The predicted molar refractivity (Wildman–Crippen MR) is 171 cm³/mol. The lowest BCUT2D eigenvalue weighted by Gasteiger charge is -2.35. The molecule has 0 spiro atoms. The third-order valence-corrected chi connectivity index (χ3v) is 7.94. The van der Waals surface area contributed by atoms with Gasteiger partial charge < -0.3 is 24.4 Å². The number of ether oxygens (including phenoxy) is 3. The number of carbonyl (C=O) groups is 2. The van der Waals surface area contributed by atoms with Crippen molar-refractivity contribution in [2.75, 3.05) is 47.5 Å². The summed E-state index contributed by atoms with van der Waals surface area (Å²) in [6.07, 6.45) is 0.164. The van der Waals surface area contributed by atoms with Crippen molar-refractivity contribution in [3.05, 3.63) is 113 Å². The van der Waals surface area contributed by atoms with E-state index in [1.165, 1.54) is 16.7 Å². The molecule has 8 heteroatoms. The summed E-state index contributed by atoms with van der Waals surface area (Å²) in [6.45, 7) is 4.24. The van der Waals surface area contributed by atoms with Crippen LogP contribution in [0.5, 0.6) is 17.2 Å². The van der Waals surface area contributed by atoms with Crippen molar-refractivity contribution in [3.8, 4) is 28.4 Å².